The Kier molecular flexibility index (Phi) is 7.10. The SMILES string of the molecule is CCNCCCN(C)S(=O)(=O)N1CCSC(C)C1C. The highest BCUT2D eigenvalue weighted by molar-refractivity contribution is 8.00. The first-order valence-corrected chi connectivity index (χ1v) is 9.41. The number of nitrogens with zero attached hydrogens (tertiary/aromatic N) is 2. The summed E-state index contributed by atoms with van der Waals surface area (Å²) in [5.41, 5.74) is 0. The largest absolute Gasteiger partial charge is 0.317 e. The zero-order valence-corrected chi connectivity index (χ0v) is 14.1. The van der Waals surface area contributed by atoms with Crippen LogP contribution < -0.4 is 5.32 Å². The molecule has 0 aromatic carbocycles. The van der Waals surface area contributed by atoms with Gasteiger partial charge in [-0.1, -0.05) is 13.8 Å². The summed E-state index contributed by atoms with van der Waals surface area (Å²) in [5.74, 6) is 0.885. The van der Waals surface area contributed by atoms with Crippen molar-refractivity contribution in [2.24, 2.45) is 0 Å². The molecule has 0 aromatic heterocycles. The lowest BCUT2D eigenvalue weighted by atomic mass is 10.2. The van der Waals surface area contributed by atoms with E-state index in [0.717, 1.165) is 25.3 Å². The van der Waals surface area contributed by atoms with Crippen molar-refractivity contribution in [3.05, 3.63) is 0 Å². The maximum Gasteiger partial charge on any atom is 0.282 e. The number of hydrogen-bond acceptors (Lipinski definition) is 4. The summed E-state index contributed by atoms with van der Waals surface area (Å²) in [6.07, 6.45) is 0.843. The van der Waals surface area contributed by atoms with Crippen LogP contribution in [0.2, 0.25) is 0 Å². The van der Waals surface area contributed by atoms with E-state index in [2.05, 4.69) is 19.2 Å². The van der Waals surface area contributed by atoms with Gasteiger partial charge in [0, 0.05) is 37.2 Å². The molecule has 1 aliphatic heterocycles. The molecule has 0 radical (unpaired) electrons. The highest BCUT2D eigenvalue weighted by Gasteiger charge is 2.35. The van der Waals surface area contributed by atoms with Gasteiger partial charge in [0.15, 0.2) is 0 Å². The Bertz CT molecular complexity index is 362. The molecule has 1 aliphatic rings. The summed E-state index contributed by atoms with van der Waals surface area (Å²) in [6.45, 7) is 9.13. The Morgan fingerprint density at radius 2 is 2.11 bits per heavy atom. The van der Waals surface area contributed by atoms with Crippen molar-refractivity contribution in [3.8, 4) is 0 Å². The molecule has 0 bridgehead atoms. The quantitative estimate of drug-likeness (QED) is 0.713. The molecule has 19 heavy (non-hydrogen) atoms. The molecule has 7 heteroatoms. The normalized spacial score (nSPS) is 25.9. The average Bonchev–Trinajstić information content (AvgIpc) is 2.37. The fourth-order valence-electron chi connectivity index (χ4n) is 2.13. The van der Waals surface area contributed by atoms with Gasteiger partial charge in [0.2, 0.25) is 0 Å². The number of rotatable bonds is 7. The van der Waals surface area contributed by atoms with Gasteiger partial charge in [-0.25, -0.2) is 0 Å². The Labute approximate surface area is 122 Å². The molecular weight excluding hydrogens is 282 g/mol. The summed E-state index contributed by atoms with van der Waals surface area (Å²) in [4.78, 5) is 0. The number of nitrogens with one attached hydrogen (secondary N) is 1. The third-order valence-corrected chi connectivity index (χ3v) is 7.01. The third kappa shape index (κ3) is 4.60. The van der Waals surface area contributed by atoms with E-state index in [0.29, 0.717) is 18.3 Å². The molecule has 1 rings (SSSR count). The summed E-state index contributed by atoms with van der Waals surface area (Å²) >= 11 is 1.85. The van der Waals surface area contributed by atoms with Crippen LogP contribution in [0.15, 0.2) is 0 Å². The average molecular weight is 310 g/mol. The van der Waals surface area contributed by atoms with Crippen LogP contribution >= 0.6 is 11.8 Å². The van der Waals surface area contributed by atoms with E-state index in [4.69, 9.17) is 0 Å². The summed E-state index contributed by atoms with van der Waals surface area (Å²) in [7, 11) is -1.62. The second-order valence-electron chi connectivity index (χ2n) is 4.96. The summed E-state index contributed by atoms with van der Waals surface area (Å²) in [5, 5.41) is 3.57. The highest BCUT2D eigenvalue weighted by Crippen LogP contribution is 2.27. The van der Waals surface area contributed by atoms with Crippen LogP contribution in [-0.2, 0) is 10.2 Å². The molecule has 0 aliphatic carbocycles. The summed E-state index contributed by atoms with van der Waals surface area (Å²) < 4.78 is 28.2. The monoisotopic (exact) mass is 309 g/mol. The van der Waals surface area contributed by atoms with E-state index in [1.807, 2.05) is 18.7 Å². The fraction of sp³-hybridized carbons (Fsp3) is 1.00. The molecule has 2 atom stereocenters. The van der Waals surface area contributed by atoms with E-state index >= 15 is 0 Å². The van der Waals surface area contributed by atoms with Gasteiger partial charge in [-0.2, -0.15) is 28.8 Å². The lowest BCUT2D eigenvalue weighted by Gasteiger charge is -2.38. The Hall–Kier alpha value is 0.180. The van der Waals surface area contributed by atoms with Crippen molar-refractivity contribution < 1.29 is 8.42 Å². The van der Waals surface area contributed by atoms with Crippen LogP contribution in [0.1, 0.15) is 27.2 Å². The third-order valence-electron chi connectivity index (χ3n) is 3.59. The van der Waals surface area contributed by atoms with Crippen molar-refractivity contribution in [1.29, 1.82) is 0 Å². The van der Waals surface area contributed by atoms with Gasteiger partial charge >= 0.3 is 0 Å². The maximum atomic E-state index is 12.5. The molecule has 0 spiro atoms. The molecule has 0 amide bonds. The van der Waals surface area contributed by atoms with Crippen molar-refractivity contribution in [1.82, 2.24) is 13.9 Å². The zero-order valence-electron chi connectivity index (χ0n) is 12.4. The minimum atomic E-state index is -3.31. The van der Waals surface area contributed by atoms with E-state index in [9.17, 15) is 8.42 Å². The molecule has 1 heterocycles. The Morgan fingerprint density at radius 1 is 1.42 bits per heavy atom. The van der Waals surface area contributed by atoms with Gasteiger partial charge in [0.05, 0.1) is 0 Å². The Balaban J connectivity index is 2.58. The zero-order chi connectivity index (χ0) is 14.5. The van der Waals surface area contributed by atoms with E-state index < -0.39 is 10.2 Å². The van der Waals surface area contributed by atoms with Crippen molar-refractivity contribution >= 4 is 22.0 Å². The van der Waals surface area contributed by atoms with Crippen LogP contribution in [0.3, 0.4) is 0 Å². The number of thioether (sulfide) groups is 1. The second kappa shape index (κ2) is 7.83. The maximum absolute atomic E-state index is 12.5. The fourth-order valence-corrected chi connectivity index (χ4v) is 5.06. The first-order chi connectivity index (χ1) is 8.91. The highest BCUT2D eigenvalue weighted by atomic mass is 32.2. The standard InChI is InChI=1S/C12H27N3O2S2/c1-5-13-7-6-8-14(4)19(16,17)15-9-10-18-12(3)11(15)2/h11-13H,5-10H2,1-4H3. The molecule has 1 saturated heterocycles. The lowest BCUT2D eigenvalue weighted by Crippen LogP contribution is -2.52. The van der Waals surface area contributed by atoms with Crippen LogP contribution in [0.5, 0.6) is 0 Å². The van der Waals surface area contributed by atoms with E-state index in [-0.39, 0.29) is 6.04 Å². The van der Waals surface area contributed by atoms with Crippen LogP contribution in [0, 0.1) is 0 Å². The molecule has 0 aromatic rings. The van der Waals surface area contributed by atoms with Crippen LogP contribution in [-0.4, -0.2) is 67.3 Å². The second-order valence-corrected chi connectivity index (χ2v) is 8.44. The smallest absolute Gasteiger partial charge is 0.282 e. The first-order valence-electron chi connectivity index (χ1n) is 6.96. The Morgan fingerprint density at radius 3 is 2.74 bits per heavy atom. The van der Waals surface area contributed by atoms with Crippen molar-refractivity contribution in [2.45, 2.75) is 38.5 Å². The van der Waals surface area contributed by atoms with E-state index in [1.165, 1.54) is 4.31 Å². The topological polar surface area (TPSA) is 52.7 Å². The van der Waals surface area contributed by atoms with Crippen LogP contribution in [0.25, 0.3) is 0 Å². The van der Waals surface area contributed by atoms with Crippen LogP contribution in [0.4, 0.5) is 0 Å². The lowest BCUT2D eigenvalue weighted by molar-refractivity contribution is 0.307. The predicted molar refractivity (Wildman–Crippen MR) is 82.8 cm³/mol. The van der Waals surface area contributed by atoms with Gasteiger partial charge in [-0.3, -0.25) is 0 Å². The van der Waals surface area contributed by atoms with E-state index in [1.54, 1.807) is 11.4 Å². The molecule has 1 fully saturated rings. The molecular formula is C12H27N3O2S2. The van der Waals surface area contributed by atoms with Gasteiger partial charge in [0.1, 0.15) is 0 Å². The van der Waals surface area contributed by atoms with Gasteiger partial charge in [0.25, 0.3) is 10.2 Å². The minimum Gasteiger partial charge on any atom is -0.317 e. The first kappa shape index (κ1) is 17.2. The molecule has 1 N–H and O–H groups in total. The molecule has 0 saturated carbocycles. The van der Waals surface area contributed by atoms with Crippen molar-refractivity contribution in [2.75, 3.05) is 39.0 Å². The molecule has 114 valence electrons. The van der Waals surface area contributed by atoms with Gasteiger partial charge in [-0.15, -0.1) is 0 Å². The minimum absolute atomic E-state index is 0.0694. The van der Waals surface area contributed by atoms with Gasteiger partial charge < -0.3 is 5.32 Å². The van der Waals surface area contributed by atoms with Gasteiger partial charge in [-0.05, 0) is 26.4 Å². The molecule has 5 nitrogen and oxygen atoms in total. The number of hydrogen-bond donors (Lipinski definition) is 1. The molecule has 2 unspecified atom stereocenters. The summed E-state index contributed by atoms with van der Waals surface area (Å²) in [6, 6.07) is 0.0694. The van der Waals surface area contributed by atoms with Crippen molar-refractivity contribution in [3.63, 3.8) is 0 Å². The predicted octanol–water partition coefficient (Wildman–Crippen LogP) is 0.988.